The SMILES string of the molecule is O=C1CCC(c2cnc(N3CCC4(CC3)CN(C3CCN(NC(=O)OCc5ccccc5)CC3)C4)nc2)C(=O)N1. The van der Waals surface area contributed by atoms with E-state index < -0.39 is 6.09 Å². The first-order valence-electron chi connectivity index (χ1n) is 14.3. The van der Waals surface area contributed by atoms with Crippen LogP contribution >= 0.6 is 0 Å². The Labute approximate surface area is 234 Å². The predicted octanol–water partition coefficient (Wildman–Crippen LogP) is 2.20. The first-order chi connectivity index (χ1) is 19.5. The molecular formula is C29H37N7O4. The number of hydrogen-bond acceptors (Lipinski definition) is 9. The smallest absolute Gasteiger partial charge is 0.422 e. The van der Waals surface area contributed by atoms with Crippen LogP contribution < -0.4 is 15.6 Å². The summed E-state index contributed by atoms with van der Waals surface area (Å²) < 4.78 is 5.35. The number of nitrogens with one attached hydrogen (secondary N) is 2. The monoisotopic (exact) mass is 547 g/mol. The Balaban J connectivity index is 0.904. The first kappa shape index (κ1) is 26.6. The van der Waals surface area contributed by atoms with Crippen molar-refractivity contribution in [3.05, 3.63) is 53.9 Å². The van der Waals surface area contributed by atoms with Gasteiger partial charge in [0.2, 0.25) is 17.8 Å². The van der Waals surface area contributed by atoms with Crippen molar-refractivity contribution in [2.75, 3.05) is 44.2 Å². The van der Waals surface area contributed by atoms with Crippen LogP contribution in [0.3, 0.4) is 0 Å². The molecule has 4 saturated heterocycles. The number of piperidine rings is 3. The van der Waals surface area contributed by atoms with Gasteiger partial charge in [-0.05, 0) is 43.1 Å². The molecule has 0 bridgehead atoms. The van der Waals surface area contributed by atoms with Crippen LogP contribution in [0.1, 0.15) is 55.6 Å². The second kappa shape index (κ2) is 11.5. The van der Waals surface area contributed by atoms with E-state index in [1.165, 1.54) is 0 Å². The zero-order chi connectivity index (χ0) is 27.5. The van der Waals surface area contributed by atoms with Crippen LogP contribution in [0.25, 0.3) is 0 Å². The van der Waals surface area contributed by atoms with Gasteiger partial charge in [0.15, 0.2) is 0 Å². The summed E-state index contributed by atoms with van der Waals surface area (Å²) in [5.74, 6) is -0.113. The number of benzene rings is 1. The van der Waals surface area contributed by atoms with Crippen LogP contribution in [0.5, 0.6) is 0 Å². The molecule has 1 spiro atoms. The third-order valence-corrected chi connectivity index (χ3v) is 8.93. The van der Waals surface area contributed by atoms with Gasteiger partial charge in [-0.1, -0.05) is 30.3 Å². The molecule has 11 nitrogen and oxygen atoms in total. The number of hydrazine groups is 1. The molecule has 0 aliphatic carbocycles. The number of carbonyl (C=O) groups excluding carboxylic acids is 3. The third kappa shape index (κ3) is 5.95. The third-order valence-electron chi connectivity index (χ3n) is 8.93. The summed E-state index contributed by atoms with van der Waals surface area (Å²) in [6.07, 6.45) is 8.25. The van der Waals surface area contributed by atoms with Gasteiger partial charge < -0.3 is 9.64 Å². The maximum atomic E-state index is 12.2. The molecule has 2 aromatic rings. The molecular weight excluding hydrogens is 510 g/mol. The molecule has 212 valence electrons. The number of carbonyl (C=O) groups is 3. The highest BCUT2D eigenvalue weighted by Gasteiger charge is 2.47. The van der Waals surface area contributed by atoms with Crippen molar-refractivity contribution in [2.24, 2.45) is 5.41 Å². The molecule has 4 aliphatic heterocycles. The second-order valence-electron chi connectivity index (χ2n) is 11.6. The number of ether oxygens (including phenoxy) is 1. The minimum Gasteiger partial charge on any atom is -0.444 e. The summed E-state index contributed by atoms with van der Waals surface area (Å²) in [4.78, 5) is 49.7. The highest BCUT2D eigenvalue weighted by atomic mass is 16.6. The van der Waals surface area contributed by atoms with Gasteiger partial charge >= 0.3 is 6.09 Å². The van der Waals surface area contributed by atoms with Crippen molar-refractivity contribution < 1.29 is 19.1 Å². The van der Waals surface area contributed by atoms with Gasteiger partial charge in [-0.25, -0.2) is 19.8 Å². The number of likely N-dealkylation sites (tertiary alicyclic amines) is 1. The lowest BCUT2D eigenvalue weighted by Crippen LogP contribution is -2.64. The first-order valence-corrected chi connectivity index (χ1v) is 14.3. The fourth-order valence-electron chi connectivity index (χ4n) is 6.48. The molecule has 3 amide bonds. The Kier molecular flexibility index (Phi) is 7.66. The van der Waals surface area contributed by atoms with Gasteiger partial charge in [0, 0.05) is 69.7 Å². The number of nitrogens with zero attached hydrogens (tertiary/aromatic N) is 5. The van der Waals surface area contributed by atoms with E-state index in [1.807, 2.05) is 35.3 Å². The molecule has 4 aliphatic rings. The molecule has 2 N–H and O–H groups in total. The Bertz CT molecular complexity index is 1200. The molecule has 6 rings (SSSR count). The maximum Gasteiger partial charge on any atom is 0.422 e. The second-order valence-corrected chi connectivity index (χ2v) is 11.6. The maximum absolute atomic E-state index is 12.2. The highest BCUT2D eigenvalue weighted by molar-refractivity contribution is 6.00. The van der Waals surface area contributed by atoms with E-state index >= 15 is 0 Å². The van der Waals surface area contributed by atoms with E-state index in [9.17, 15) is 14.4 Å². The molecule has 1 aromatic heterocycles. The van der Waals surface area contributed by atoms with Crippen molar-refractivity contribution in [3.63, 3.8) is 0 Å². The molecule has 5 heterocycles. The van der Waals surface area contributed by atoms with Crippen LogP contribution in [0.4, 0.5) is 10.7 Å². The van der Waals surface area contributed by atoms with Gasteiger partial charge in [0.05, 0.1) is 5.92 Å². The summed E-state index contributed by atoms with van der Waals surface area (Å²) in [6.45, 7) is 6.05. The van der Waals surface area contributed by atoms with E-state index in [4.69, 9.17) is 4.74 Å². The largest absolute Gasteiger partial charge is 0.444 e. The Morgan fingerprint density at radius 3 is 2.38 bits per heavy atom. The minimum absolute atomic E-state index is 0.213. The zero-order valence-electron chi connectivity index (χ0n) is 22.8. The number of imide groups is 1. The molecule has 40 heavy (non-hydrogen) atoms. The zero-order valence-corrected chi connectivity index (χ0v) is 22.8. The van der Waals surface area contributed by atoms with Crippen LogP contribution in [-0.2, 0) is 20.9 Å². The highest BCUT2D eigenvalue weighted by Crippen LogP contribution is 2.43. The molecule has 4 fully saturated rings. The summed E-state index contributed by atoms with van der Waals surface area (Å²) in [7, 11) is 0. The van der Waals surface area contributed by atoms with Crippen LogP contribution in [0, 0.1) is 5.41 Å². The lowest BCUT2D eigenvalue weighted by Gasteiger charge is -2.57. The molecule has 0 radical (unpaired) electrons. The quantitative estimate of drug-likeness (QED) is 0.525. The van der Waals surface area contributed by atoms with E-state index in [0.717, 1.165) is 76.1 Å². The summed E-state index contributed by atoms with van der Waals surface area (Å²) in [5.41, 5.74) is 5.01. The average Bonchev–Trinajstić information content (AvgIpc) is 2.96. The fraction of sp³-hybridized carbons (Fsp3) is 0.552. The van der Waals surface area contributed by atoms with Gasteiger partial charge in [0.25, 0.3) is 0 Å². The average molecular weight is 548 g/mol. The van der Waals surface area contributed by atoms with Crippen molar-refractivity contribution >= 4 is 23.9 Å². The van der Waals surface area contributed by atoms with Crippen LogP contribution in [0.2, 0.25) is 0 Å². The molecule has 1 aromatic carbocycles. The molecule has 1 atom stereocenters. The predicted molar refractivity (Wildman–Crippen MR) is 147 cm³/mol. The lowest BCUT2D eigenvalue weighted by molar-refractivity contribution is -0.134. The van der Waals surface area contributed by atoms with E-state index in [0.29, 0.717) is 30.2 Å². The summed E-state index contributed by atoms with van der Waals surface area (Å²) in [6, 6.07) is 10.3. The number of hydrogen-bond donors (Lipinski definition) is 2. The van der Waals surface area contributed by atoms with Gasteiger partial charge in [-0.2, -0.15) is 0 Å². The van der Waals surface area contributed by atoms with Crippen molar-refractivity contribution in [1.82, 2.24) is 30.6 Å². The molecule has 1 unspecified atom stereocenters. The van der Waals surface area contributed by atoms with Crippen LogP contribution in [0.15, 0.2) is 42.7 Å². The number of aromatic nitrogens is 2. The Hall–Kier alpha value is -3.57. The topological polar surface area (TPSA) is 120 Å². The summed E-state index contributed by atoms with van der Waals surface area (Å²) in [5, 5.41) is 4.38. The van der Waals surface area contributed by atoms with Gasteiger partial charge in [-0.3, -0.25) is 25.2 Å². The van der Waals surface area contributed by atoms with Gasteiger partial charge in [-0.15, -0.1) is 0 Å². The lowest BCUT2D eigenvalue weighted by atomic mass is 9.71. The fourth-order valence-corrected chi connectivity index (χ4v) is 6.48. The summed E-state index contributed by atoms with van der Waals surface area (Å²) >= 11 is 0. The van der Waals surface area contributed by atoms with Gasteiger partial charge in [0.1, 0.15) is 6.61 Å². The van der Waals surface area contributed by atoms with E-state index in [2.05, 4.69) is 30.5 Å². The Morgan fingerprint density at radius 2 is 1.70 bits per heavy atom. The molecule has 11 heteroatoms. The van der Waals surface area contributed by atoms with Crippen molar-refractivity contribution in [2.45, 2.75) is 57.1 Å². The number of rotatable bonds is 6. The van der Waals surface area contributed by atoms with E-state index in [1.54, 1.807) is 12.4 Å². The number of anilines is 1. The van der Waals surface area contributed by atoms with Crippen LogP contribution in [-0.4, -0.2) is 83.1 Å². The molecule has 0 saturated carbocycles. The minimum atomic E-state index is -0.397. The Morgan fingerprint density at radius 1 is 1.00 bits per heavy atom. The van der Waals surface area contributed by atoms with Crippen molar-refractivity contribution in [1.29, 1.82) is 0 Å². The number of amides is 3. The standard InChI is InChI=1S/C29H37N7O4/c37-25-7-6-24(26(38)32-25)22-16-30-27(31-17-22)34-14-10-29(11-15-34)19-35(20-29)23-8-12-36(13-9-23)33-28(39)40-18-21-4-2-1-3-5-21/h1-5,16-17,23-24H,6-15,18-20H2,(H,33,39)(H,32,37,38). The van der Waals surface area contributed by atoms with E-state index in [-0.39, 0.29) is 24.3 Å². The van der Waals surface area contributed by atoms with Crippen molar-refractivity contribution in [3.8, 4) is 0 Å². The normalized spacial score (nSPS) is 23.9.